The van der Waals surface area contributed by atoms with Crippen molar-refractivity contribution in [1.29, 1.82) is 0 Å². The third kappa shape index (κ3) is 3.92. The number of ether oxygens (including phenoxy) is 1. The van der Waals surface area contributed by atoms with E-state index in [2.05, 4.69) is 0 Å². The van der Waals surface area contributed by atoms with Crippen LogP contribution in [0.3, 0.4) is 0 Å². The van der Waals surface area contributed by atoms with E-state index in [-0.39, 0.29) is 23.9 Å². The highest BCUT2D eigenvalue weighted by Crippen LogP contribution is 2.36. The molecule has 29 heavy (non-hydrogen) atoms. The van der Waals surface area contributed by atoms with Gasteiger partial charge in [0.15, 0.2) is 0 Å². The average Bonchev–Trinajstić information content (AvgIpc) is 2.74. The van der Waals surface area contributed by atoms with Gasteiger partial charge in [0.25, 0.3) is 5.56 Å². The Bertz CT molecular complexity index is 962. The zero-order valence-corrected chi connectivity index (χ0v) is 17.8. The zero-order valence-electron chi connectivity index (χ0n) is 17.8. The summed E-state index contributed by atoms with van der Waals surface area (Å²) >= 11 is 0. The lowest BCUT2D eigenvalue weighted by Crippen LogP contribution is -2.46. The molecule has 5 heteroatoms. The van der Waals surface area contributed by atoms with Crippen LogP contribution in [0, 0.1) is 11.8 Å². The van der Waals surface area contributed by atoms with Gasteiger partial charge in [-0.3, -0.25) is 14.2 Å². The van der Waals surface area contributed by atoms with Gasteiger partial charge in [-0.05, 0) is 54.2 Å². The number of piperidine rings is 1. The molecule has 1 aromatic carbocycles. The van der Waals surface area contributed by atoms with Crippen LogP contribution in [0.25, 0.3) is 10.9 Å². The number of methoxy groups -OCH3 is 1. The largest absolute Gasteiger partial charge is 0.497 e. The van der Waals surface area contributed by atoms with Gasteiger partial charge in [0.2, 0.25) is 5.91 Å². The first kappa shape index (κ1) is 20.0. The molecule has 0 spiro atoms. The van der Waals surface area contributed by atoms with Crippen molar-refractivity contribution in [3.05, 3.63) is 40.2 Å². The molecule has 0 N–H and O–H groups in total. The lowest BCUT2D eigenvalue weighted by Gasteiger charge is -2.41. The summed E-state index contributed by atoms with van der Waals surface area (Å²) in [6, 6.07) is 7.68. The second kappa shape index (κ2) is 8.21. The fourth-order valence-electron chi connectivity index (χ4n) is 5.13. The van der Waals surface area contributed by atoms with Crippen molar-refractivity contribution >= 4 is 16.8 Å². The standard InChI is InChI=1S/C24H32N2O3/c1-16(2)21-12-18-8-9-20(29-3)13-22(18)26(24(21)28)15-23(27)25-11-10-17-6-4-5-7-19(17)14-25/h8-9,12-13,16-17,19H,4-7,10-11,14-15H2,1-3H3/t17-,19-/m1/s1. The topological polar surface area (TPSA) is 51.5 Å². The number of likely N-dealkylation sites (tertiary alicyclic amines) is 1. The molecule has 2 heterocycles. The monoisotopic (exact) mass is 396 g/mol. The SMILES string of the molecule is COc1ccc2cc(C(C)C)c(=O)n(CC(=O)N3CC[C@H]4CCCC[C@@H]4C3)c2c1. The number of carbonyl (C=O) groups excluding carboxylic acids is 1. The van der Waals surface area contributed by atoms with E-state index in [1.54, 1.807) is 11.7 Å². The van der Waals surface area contributed by atoms with Crippen molar-refractivity contribution in [2.45, 2.75) is 58.4 Å². The van der Waals surface area contributed by atoms with Crippen molar-refractivity contribution in [3.8, 4) is 5.75 Å². The summed E-state index contributed by atoms with van der Waals surface area (Å²) in [5, 5.41) is 0.966. The van der Waals surface area contributed by atoms with E-state index in [4.69, 9.17) is 4.74 Å². The number of aromatic nitrogens is 1. The first-order valence-electron chi connectivity index (χ1n) is 11.0. The summed E-state index contributed by atoms with van der Waals surface area (Å²) in [5.41, 5.74) is 1.45. The second-order valence-electron chi connectivity index (χ2n) is 9.00. The second-order valence-corrected chi connectivity index (χ2v) is 9.00. The van der Waals surface area contributed by atoms with Gasteiger partial charge in [0.05, 0.1) is 12.6 Å². The van der Waals surface area contributed by atoms with E-state index in [0.717, 1.165) is 41.9 Å². The Labute approximate surface area is 172 Å². The summed E-state index contributed by atoms with van der Waals surface area (Å²) in [6.45, 7) is 5.81. The third-order valence-electron chi connectivity index (χ3n) is 6.89. The highest BCUT2D eigenvalue weighted by atomic mass is 16.5. The van der Waals surface area contributed by atoms with Crippen molar-refractivity contribution in [1.82, 2.24) is 9.47 Å². The van der Waals surface area contributed by atoms with Crippen molar-refractivity contribution < 1.29 is 9.53 Å². The molecular formula is C24H32N2O3. The van der Waals surface area contributed by atoms with E-state index >= 15 is 0 Å². The van der Waals surface area contributed by atoms with Crippen LogP contribution < -0.4 is 10.3 Å². The normalized spacial score (nSPS) is 22.0. The zero-order chi connectivity index (χ0) is 20.5. The molecule has 0 unspecified atom stereocenters. The molecule has 4 rings (SSSR count). The molecule has 1 saturated carbocycles. The average molecular weight is 397 g/mol. The number of pyridine rings is 1. The molecular weight excluding hydrogens is 364 g/mol. The number of amides is 1. The molecule has 1 aliphatic carbocycles. The van der Waals surface area contributed by atoms with Crippen LogP contribution in [0.15, 0.2) is 29.1 Å². The first-order valence-corrected chi connectivity index (χ1v) is 11.0. The lowest BCUT2D eigenvalue weighted by molar-refractivity contribution is -0.134. The first-order chi connectivity index (χ1) is 14.0. The molecule has 0 bridgehead atoms. The Morgan fingerprint density at radius 3 is 2.62 bits per heavy atom. The van der Waals surface area contributed by atoms with Crippen LogP contribution in [0.1, 0.15) is 57.4 Å². The Morgan fingerprint density at radius 2 is 1.90 bits per heavy atom. The van der Waals surface area contributed by atoms with Crippen LogP contribution in [0.4, 0.5) is 0 Å². The fourth-order valence-corrected chi connectivity index (χ4v) is 5.13. The number of hydrogen-bond acceptors (Lipinski definition) is 3. The maximum absolute atomic E-state index is 13.2. The molecule has 0 radical (unpaired) electrons. The summed E-state index contributed by atoms with van der Waals surface area (Å²) in [4.78, 5) is 28.4. The smallest absolute Gasteiger partial charge is 0.254 e. The number of hydrogen-bond donors (Lipinski definition) is 0. The maximum Gasteiger partial charge on any atom is 0.254 e. The maximum atomic E-state index is 13.2. The summed E-state index contributed by atoms with van der Waals surface area (Å²) in [6.07, 6.45) is 6.26. The summed E-state index contributed by atoms with van der Waals surface area (Å²) in [7, 11) is 1.62. The molecule has 1 aliphatic heterocycles. The van der Waals surface area contributed by atoms with Gasteiger partial charge in [0.1, 0.15) is 12.3 Å². The van der Waals surface area contributed by atoms with E-state index in [0.29, 0.717) is 11.7 Å². The van der Waals surface area contributed by atoms with Crippen LogP contribution in [0.2, 0.25) is 0 Å². The molecule has 2 aromatic rings. The third-order valence-corrected chi connectivity index (χ3v) is 6.89. The Morgan fingerprint density at radius 1 is 1.14 bits per heavy atom. The van der Waals surface area contributed by atoms with Crippen LogP contribution in [-0.4, -0.2) is 35.6 Å². The molecule has 156 valence electrons. The van der Waals surface area contributed by atoms with Crippen LogP contribution in [0.5, 0.6) is 5.75 Å². The number of fused-ring (bicyclic) bond motifs is 2. The van der Waals surface area contributed by atoms with E-state index in [1.165, 1.54) is 25.7 Å². The van der Waals surface area contributed by atoms with Gasteiger partial charge in [0, 0.05) is 24.7 Å². The minimum atomic E-state index is -0.0679. The van der Waals surface area contributed by atoms with Gasteiger partial charge in [-0.15, -0.1) is 0 Å². The minimum Gasteiger partial charge on any atom is -0.497 e. The molecule has 1 saturated heterocycles. The van der Waals surface area contributed by atoms with Gasteiger partial charge < -0.3 is 9.64 Å². The van der Waals surface area contributed by atoms with E-state index in [1.807, 2.05) is 43.0 Å². The van der Waals surface area contributed by atoms with Crippen LogP contribution >= 0.6 is 0 Å². The van der Waals surface area contributed by atoms with Crippen molar-refractivity contribution in [3.63, 3.8) is 0 Å². The molecule has 1 amide bonds. The molecule has 5 nitrogen and oxygen atoms in total. The molecule has 2 atom stereocenters. The number of benzene rings is 1. The minimum absolute atomic E-state index is 0.0566. The fraction of sp³-hybridized carbons (Fsp3) is 0.583. The van der Waals surface area contributed by atoms with Gasteiger partial charge in [-0.1, -0.05) is 33.1 Å². The highest BCUT2D eigenvalue weighted by molar-refractivity contribution is 5.84. The Balaban J connectivity index is 1.66. The number of rotatable bonds is 4. The number of carbonyl (C=O) groups is 1. The summed E-state index contributed by atoms with van der Waals surface area (Å²) in [5.74, 6) is 2.27. The lowest BCUT2D eigenvalue weighted by atomic mass is 9.75. The van der Waals surface area contributed by atoms with Crippen molar-refractivity contribution in [2.24, 2.45) is 11.8 Å². The highest BCUT2D eigenvalue weighted by Gasteiger charge is 2.33. The predicted octanol–water partition coefficient (Wildman–Crippen LogP) is 4.17. The number of nitrogens with zero attached hydrogens (tertiary/aromatic N) is 2. The molecule has 1 aromatic heterocycles. The summed E-state index contributed by atoms with van der Waals surface area (Å²) < 4.78 is 7.02. The van der Waals surface area contributed by atoms with E-state index < -0.39 is 0 Å². The Kier molecular flexibility index (Phi) is 5.66. The van der Waals surface area contributed by atoms with Gasteiger partial charge in [-0.25, -0.2) is 0 Å². The molecule has 2 aliphatic rings. The van der Waals surface area contributed by atoms with Crippen molar-refractivity contribution in [2.75, 3.05) is 20.2 Å². The van der Waals surface area contributed by atoms with Gasteiger partial charge in [-0.2, -0.15) is 0 Å². The molecule has 2 fully saturated rings. The Hall–Kier alpha value is -2.30. The predicted molar refractivity (Wildman–Crippen MR) is 115 cm³/mol. The van der Waals surface area contributed by atoms with E-state index in [9.17, 15) is 9.59 Å². The van der Waals surface area contributed by atoms with Gasteiger partial charge >= 0.3 is 0 Å². The quantitative estimate of drug-likeness (QED) is 0.779. The van der Waals surface area contributed by atoms with Crippen LogP contribution in [-0.2, 0) is 11.3 Å².